The molecule has 0 atom stereocenters. The van der Waals surface area contributed by atoms with Crippen molar-refractivity contribution in [3.05, 3.63) is 29.6 Å². The van der Waals surface area contributed by atoms with Crippen molar-refractivity contribution in [2.75, 3.05) is 7.05 Å². The minimum absolute atomic E-state index is 0.0746. The second-order valence-corrected chi connectivity index (χ2v) is 5.84. The van der Waals surface area contributed by atoms with Gasteiger partial charge in [0.05, 0.1) is 23.3 Å². The second-order valence-electron chi connectivity index (χ2n) is 5.84. The van der Waals surface area contributed by atoms with E-state index in [1.807, 2.05) is 32.4 Å². The Balaban J connectivity index is 2.18. The summed E-state index contributed by atoms with van der Waals surface area (Å²) in [6.07, 6.45) is 3.23. The van der Waals surface area contributed by atoms with Crippen molar-refractivity contribution < 1.29 is 4.79 Å². The summed E-state index contributed by atoms with van der Waals surface area (Å²) in [6.45, 7) is 8.38. The third kappa shape index (κ3) is 2.87. The lowest BCUT2D eigenvalue weighted by Gasteiger charge is -2.19. The van der Waals surface area contributed by atoms with E-state index < -0.39 is 0 Å². The fraction of sp³-hybridized carbons (Fsp3) is 0.538. The Morgan fingerprint density at radius 2 is 2.15 bits per heavy atom. The van der Waals surface area contributed by atoms with Crippen molar-refractivity contribution in [3.8, 4) is 0 Å². The number of nitrogens with one attached hydrogen (secondary N) is 1. The maximum atomic E-state index is 12.4. The molecule has 0 aromatic carbocycles. The van der Waals surface area contributed by atoms with Crippen molar-refractivity contribution >= 4 is 5.91 Å². The van der Waals surface area contributed by atoms with E-state index in [1.165, 1.54) is 6.33 Å². The van der Waals surface area contributed by atoms with E-state index in [9.17, 15) is 4.79 Å². The van der Waals surface area contributed by atoms with Crippen LogP contribution in [0.4, 0.5) is 0 Å². The number of aromatic amines is 1. The summed E-state index contributed by atoms with van der Waals surface area (Å²) in [5.74, 6) is 0.580. The Bertz CT molecular complexity index is 593. The second kappa shape index (κ2) is 5.07. The number of carbonyl (C=O) groups is 1. The first-order valence-electron chi connectivity index (χ1n) is 6.45. The molecule has 0 radical (unpaired) electrons. The molecule has 0 aliphatic rings. The van der Waals surface area contributed by atoms with Crippen LogP contribution in [0.1, 0.15) is 42.6 Å². The molecule has 0 saturated heterocycles. The number of hydrogen-bond donors (Lipinski definition) is 1. The summed E-state index contributed by atoms with van der Waals surface area (Å²) in [4.78, 5) is 18.1. The number of amides is 1. The van der Waals surface area contributed by atoms with Crippen LogP contribution in [0.5, 0.6) is 0 Å². The van der Waals surface area contributed by atoms with Crippen LogP contribution >= 0.6 is 0 Å². The van der Waals surface area contributed by atoms with Gasteiger partial charge in [0.15, 0.2) is 0 Å². The number of rotatable bonds is 3. The summed E-state index contributed by atoms with van der Waals surface area (Å²) >= 11 is 0. The van der Waals surface area contributed by atoms with Gasteiger partial charge < -0.3 is 4.90 Å². The van der Waals surface area contributed by atoms with E-state index in [2.05, 4.69) is 20.3 Å². The fourth-order valence-electron chi connectivity index (χ4n) is 1.82. The lowest BCUT2D eigenvalue weighted by atomic mass is 10.1. The Labute approximate surface area is 118 Å². The van der Waals surface area contributed by atoms with E-state index in [1.54, 1.807) is 18.1 Å². The molecule has 0 fully saturated rings. The summed E-state index contributed by atoms with van der Waals surface area (Å²) < 4.78 is 1.82. The number of carbonyl (C=O) groups excluding carboxylic acids is 1. The molecule has 7 heteroatoms. The predicted octanol–water partition coefficient (Wildman–Crippen LogP) is 1.34. The van der Waals surface area contributed by atoms with Crippen LogP contribution < -0.4 is 0 Å². The molecular formula is C13H20N6O. The van der Waals surface area contributed by atoms with Crippen molar-refractivity contribution in [2.24, 2.45) is 0 Å². The molecule has 0 saturated carbocycles. The van der Waals surface area contributed by atoms with Gasteiger partial charge in [0, 0.05) is 13.2 Å². The zero-order valence-corrected chi connectivity index (χ0v) is 12.5. The van der Waals surface area contributed by atoms with Gasteiger partial charge in [-0.3, -0.25) is 14.6 Å². The van der Waals surface area contributed by atoms with Crippen molar-refractivity contribution in [3.63, 3.8) is 0 Å². The maximum absolute atomic E-state index is 12.4. The number of hydrogen-bond acceptors (Lipinski definition) is 4. The monoisotopic (exact) mass is 276 g/mol. The van der Waals surface area contributed by atoms with Crippen LogP contribution in [-0.4, -0.2) is 42.8 Å². The summed E-state index contributed by atoms with van der Waals surface area (Å²) in [7, 11) is 1.73. The Hall–Kier alpha value is -2.18. The van der Waals surface area contributed by atoms with Gasteiger partial charge in [-0.2, -0.15) is 10.2 Å². The topological polar surface area (TPSA) is 79.7 Å². The molecule has 1 amide bonds. The zero-order valence-electron chi connectivity index (χ0n) is 12.5. The molecule has 108 valence electrons. The van der Waals surface area contributed by atoms with E-state index >= 15 is 0 Å². The lowest BCUT2D eigenvalue weighted by molar-refractivity contribution is 0.0781. The Kier molecular flexibility index (Phi) is 3.61. The number of aryl methyl sites for hydroxylation is 1. The largest absolute Gasteiger partial charge is 0.334 e. The highest BCUT2D eigenvalue weighted by Gasteiger charge is 2.22. The fourth-order valence-corrected chi connectivity index (χ4v) is 1.82. The van der Waals surface area contributed by atoms with E-state index in [0.29, 0.717) is 17.9 Å². The van der Waals surface area contributed by atoms with Gasteiger partial charge in [-0.1, -0.05) is 0 Å². The van der Waals surface area contributed by atoms with Crippen LogP contribution in [-0.2, 0) is 12.1 Å². The van der Waals surface area contributed by atoms with Crippen LogP contribution in [0, 0.1) is 6.92 Å². The van der Waals surface area contributed by atoms with Gasteiger partial charge in [0.1, 0.15) is 12.2 Å². The van der Waals surface area contributed by atoms with Crippen LogP contribution in [0.25, 0.3) is 0 Å². The molecular weight excluding hydrogens is 256 g/mol. The highest BCUT2D eigenvalue weighted by atomic mass is 16.2. The molecule has 2 heterocycles. The van der Waals surface area contributed by atoms with Gasteiger partial charge in [-0.05, 0) is 27.7 Å². The van der Waals surface area contributed by atoms with Gasteiger partial charge in [0.25, 0.3) is 5.91 Å². The summed E-state index contributed by atoms with van der Waals surface area (Å²) in [5, 5.41) is 10.9. The van der Waals surface area contributed by atoms with Gasteiger partial charge in [-0.25, -0.2) is 4.98 Å². The van der Waals surface area contributed by atoms with E-state index in [4.69, 9.17) is 0 Å². The van der Waals surface area contributed by atoms with Gasteiger partial charge in [0.2, 0.25) is 0 Å². The molecule has 0 unspecified atom stereocenters. The number of aromatic nitrogens is 5. The minimum Gasteiger partial charge on any atom is -0.334 e. The third-order valence-electron chi connectivity index (χ3n) is 3.02. The van der Waals surface area contributed by atoms with E-state index in [0.717, 1.165) is 5.69 Å². The summed E-state index contributed by atoms with van der Waals surface area (Å²) in [5.41, 5.74) is 1.20. The highest BCUT2D eigenvalue weighted by Crippen LogP contribution is 2.17. The van der Waals surface area contributed by atoms with E-state index in [-0.39, 0.29) is 11.4 Å². The van der Waals surface area contributed by atoms with Gasteiger partial charge in [-0.15, -0.1) is 0 Å². The van der Waals surface area contributed by atoms with Crippen molar-refractivity contribution in [2.45, 2.75) is 39.8 Å². The first-order chi connectivity index (χ1) is 9.29. The first-order valence-corrected chi connectivity index (χ1v) is 6.45. The predicted molar refractivity (Wildman–Crippen MR) is 74.1 cm³/mol. The molecule has 2 aromatic rings. The van der Waals surface area contributed by atoms with Crippen LogP contribution in [0.15, 0.2) is 12.5 Å². The standard InChI is InChI=1S/C13H20N6O/c1-9-10(6-19(17-9)13(2,3)4)12(20)18(5)7-11-14-8-15-16-11/h6,8H,7H2,1-5H3,(H,14,15,16). The quantitative estimate of drug-likeness (QED) is 0.917. The third-order valence-corrected chi connectivity index (χ3v) is 3.02. The molecule has 0 spiro atoms. The lowest BCUT2D eigenvalue weighted by Crippen LogP contribution is -2.27. The molecule has 2 aromatic heterocycles. The molecule has 1 N–H and O–H groups in total. The molecule has 2 rings (SSSR count). The maximum Gasteiger partial charge on any atom is 0.257 e. The molecule has 0 aliphatic carbocycles. The number of nitrogens with zero attached hydrogens (tertiary/aromatic N) is 5. The van der Waals surface area contributed by atoms with Crippen LogP contribution in [0.3, 0.4) is 0 Å². The van der Waals surface area contributed by atoms with Crippen molar-refractivity contribution in [1.29, 1.82) is 0 Å². The SMILES string of the molecule is Cc1nn(C(C)(C)C)cc1C(=O)N(C)Cc1ncn[nH]1. The normalized spacial score (nSPS) is 11.7. The zero-order chi connectivity index (χ0) is 14.9. The number of H-pyrrole nitrogens is 1. The average Bonchev–Trinajstić information content (AvgIpc) is 2.96. The molecule has 7 nitrogen and oxygen atoms in total. The Morgan fingerprint density at radius 3 is 2.65 bits per heavy atom. The van der Waals surface area contributed by atoms with Crippen LogP contribution in [0.2, 0.25) is 0 Å². The molecule has 0 aliphatic heterocycles. The minimum atomic E-state index is -0.146. The smallest absolute Gasteiger partial charge is 0.257 e. The highest BCUT2D eigenvalue weighted by molar-refractivity contribution is 5.94. The summed E-state index contributed by atoms with van der Waals surface area (Å²) in [6, 6.07) is 0. The molecule has 20 heavy (non-hydrogen) atoms. The van der Waals surface area contributed by atoms with Crippen molar-refractivity contribution in [1.82, 2.24) is 29.9 Å². The average molecular weight is 276 g/mol. The first kappa shape index (κ1) is 14.2. The molecule has 0 bridgehead atoms. The Morgan fingerprint density at radius 1 is 1.45 bits per heavy atom. The van der Waals surface area contributed by atoms with Gasteiger partial charge >= 0.3 is 0 Å².